The van der Waals surface area contributed by atoms with Crippen molar-refractivity contribution in [2.75, 3.05) is 6.61 Å². The van der Waals surface area contributed by atoms with Gasteiger partial charge in [-0.3, -0.25) is 4.79 Å². The van der Waals surface area contributed by atoms with E-state index in [-0.39, 0.29) is 18.6 Å². The first-order valence-corrected chi connectivity index (χ1v) is 6.24. The van der Waals surface area contributed by atoms with Crippen molar-refractivity contribution in [2.45, 2.75) is 31.7 Å². The van der Waals surface area contributed by atoms with E-state index in [0.29, 0.717) is 12.3 Å². The fraction of sp³-hybridized carbons (Fsp3) is 0.500. The Bertz CT molecular complexity index is 360. The average Bonchev–Trinajstić information content (AvgIpc) is 2.32. The number of rotatable bonds is 5. The largest absolute Gasteiger partial charge is 0.394 e. The molecule has 0 bridgehead atoms. The monoisotopic (exact) mass is 233 g/mol. The molecule has 2 rings (SSSR count). The molecule has 0 aromatic heterocycles. The molecule has 1 aromatic rings. The molecule has 0 heterocycles. The highest BCUT2D eigenvalue weighted by Gasteiger charge is 2.22. The van der Waals surface area contributed by atoms with Gasteiger partial charge in [-0.15, -0.1) is 0 Å². The third-order valence-corrected chi connectivity index (χ3v) is 3.42. The van der Waals surface area contributed by atoms with Gasteiger partial charge in [0.05, 0.1) is 12.6 Å². The lowest BCUT2D eigenvalue weighted by molar-refractivity contribution is -0.123. The summed E-state index contributed by atoms with van der Waals surface area (Å²) in [7, 11) is 0. The molecule has 3 nitrogen and oxygen atoms in total. The summed E-state index contributed by atoms with van der Waals surface area (Å²) in [5.41, 5.74) is 0.956. The molecule has 1 saturated carbocycles. The van der Waals surface area contributed by atoms with Crippen LogP contribution in [0.2, 0.25) is 0 Å². The minimum Gasteiger partial charge on any atom is -0.394 e. The summed E-state index contributed by atoms with van der Waals surface area (Å²) in [6.45, 7) is -0.0551. The lowest BCUT2D eigenvalue weighted by atomic mass is 9.83. The van der Waals surface area contributed by atoms with E-state index in [1.165, 1.54) is 19.3 Å². The smallest absolute Gasteiger partial charge is 0.220 e. The van der Waals surface area contributed by atoms with Gasteiger partial charge < -0.3 is 10.4 Å². The number of carbonyl (C=O) groups is 1. The van der Waals surface area contributed by atoms with Crippen LogP contribution >= 0.6 is 0 Å². The highest BCUT2D eigenvalue weighted by Crippen LogP contribution is 2.29. The van der Waals surface area contributed by atoms with Crippen molar-refractivity contribution in [3.8, 4) is 0 Å². The summed E-state index contributed by atoms with van der Waals surface area (Å²) >= 11 is 0. The van der Waals surface area contributed by atoms with Crippen molar-refractivity contribution < 1.29 is 9.90 Å². The normalized spacial score (nSPS) is 17.2. The Kier molecular flexibility index (Phi) is 4.15. The summed E-state index contributed by atoms with van der Waals surface area (Å²) in [4.78, 5) is 11.8. The van der Waals surface area contributed by atoms with E-state index in [1.54, 1.807) is 0 Å². The Labute approximate surface area is 102 Å². The lowest BCUT2D eigenvalue weighted by Gasteiger charge is -2.25. The van der Waals surface area contributed by atoms with Crippen LogP contribution in [-0.2, 0) is 4.79 Å². The van der Waals surface area contributed by atoms with Gasteiger partial charge in [-0.2, -0.15) is 0 Å². The van der Waals surface area contributed by atoms with Crippen LogP contribution < -0.4 is 5.32 Å². The Hall–Kier alpha value is -1.35. The van der Waals surface area contributed by atoms with Gasteiger partial charge in [0.25, 0.3) is 0 Å². The van der Waals surface area contributed by atoms with Crippen molar-refractivity contribution in [3.05, 3.63) is 35.9 Å². The van der Waals surface area contributed by atoms with Crippen LogP contribution in [0.5, 0.6) is 0 Å². The van der Waals surface area contributed by atoms with Crippen LogP contribution in [0, 0.1) is 5.92 Å². The molecule has 1 aliphatic carbocycles. The fourth-order valence-electron chi connectivity index (χ4n) is 2.13. The fourth-order valence-corrected chi connectivity index (χ4v) is 2.13. The standard InChI is InChI=1S/C14H19NO2/c16-10-13(12-7-2-1-3-8-12)15-14(17)9-11-5-4-6-11/h1-3,7-8,11,13,16H,4-6,9-10H2,(H,15,17)/t13-/m0/s1. The second-order valence-electron chi connectivity index (χ2n) is 4.71. The Morgan fingerprint density at radius 3 is 2.59 bits per heavy atom. The van der Waals surface area contributed by atoms with Crippen LogP contribution in [0.3, 0.4) is 0 Å². The number of hydrogen-bond acceptors (Lipinski definition) is 2. The number of nitrogens with one attached hydrogen (secondary N) is 1. The maximum Gasteiger partial charge on any atom is 0.220 e. The second kappa shape index (κ2) is 5.82. The Morgan fingerprint density at radius 1 is 1.35 bits per heavy atom. The molecule has 3 heteroatoms. The summed E-state index contributed by atoms with van der Waals surface area (Å²) in [6.07, 6.45) is 4.19. The molecule has 0 aliphatic heterocycles. The molecule has 0 spiro atoms. The van der Waals surface area contributed by atoms with E-state index in [1.807, 2.05) is 30.3 Å². The highest BCUT2D eigenvalue weighted by atomic mass is 16.3. The van der Waals surface area contributed by atoms with Gasteiger partial charge in [-0.1, -0.05) is 36.8 Å². The molecule has 17 heavy (non-hydrogen) atoms. The first-order chi connectivity index (χ1) is 8.29. The van der Waals surface area contributed by atoms with E-state index in [2.05, 4.69) is 5.32 Å². The van der Waals surface area contributed by atoms with Gasteiger partial charge in [0, 0.05) is 6.42 Å². The zero-order chi connectivity index (χ0) is 12.1. The van der Waals surface area contributed by atoms with Crippen LogP contribution in [-0.4, -0.2) is 17.6 Å². The van der Waals surface area contributed by atoms with Crippen LogP contribution in [0.25, 0.3) is 0 Å². The maximum atomic E-state index is 11.8. The molecule has 1 amide bonds. The second-order valence-corrected chi connectivity index (χ2v) is 4.71. The average molecular weight is 233 g/mol. The first kappa shape index (κ1) is 12.1. The zero-order valence-electron chi connectivity index (χ0n) is 9.93. The van der Waals surface area contributed by atoms with Gasteiger partial charge in [0.2, 0.25) is 5.91 Å². The van der Waals surface area contributed by atoms with E-state index >= 15 is 0 Å². The molecule has 1 aromatic carbocycles. The molecular weight excluding hydrogens is 214 g/mol. The molecule has 2 N–H and O–H groups in total. The van der Waals surface area contributed by atoms with Crippen LogP contribution in [0.15, 0.2) is 30.3 Å². The molecule has 1 atom stereocenters. The van der Waals surface area contributed by atoms with Gasteiger partial charge in [-0.05, 0) is 24.3 Å². The van der Waals surface area contributed by atoms with Gasteiger partial charge in [0.1, 0.15) is 0 Å². The van der Waals surface area contributed by atoms with Gasteiger partial charge in [-0.25, -0.2) is 0 Å². The molecule has 92 valence electrons. The minimum atomic E-state index is -0.274. The number of hydrogen-bond donors (Lipinski definition) is 2. The highest BCUT2D eigenvalue weighted by molar-refractivity contribution is 5.76. The van der Waals surface area contributed by atoms with Crippen LogP contribution in [0.4, 0.5) is 0 Å². The van der Waals surface area contributed by atoms with Crippen molar-refractivity contribution in [1.82, 2.24) is 5.32 Å². The third kappa shape index (κ3) is 3.30. The zero-order valence-corrected chi connectivity index (χ0v) is 9.93. The molecule has 0 unspecified atom stereocenters. The Balaban J connectivity index is 1.88. The molecular formula is C14H19NO2. The third-order valence-electron chi connectivity index (χ3n) is 3.42. The van der Waals surface area contributed by atoms with Gasteiger partial charge >= 0.3 is 0 Å². The molecule has 0 saturated heterocycles. The molecule has 0 radical (unpaired) electrons. The number of carbonyl (C=O) groups excluding carboxylic acids is 1. The van der Waals surface area contributed by atoms with Crippen molar-refractivity contribution in [3.63, 3.8) is 0 Å². The topological polar surface area (TPSA) is 49.3 Å². The maximum absolute atomic E-state index is 11.8. The van der Waals surface area contributed by atoms with E-state index in [0.717, 1.165) is 5.56 Å². The van der Waals surface area contributed by atoms with E-state index in [9.17, 15) is 9.90 Å². The number of benzene rings is 1. The number of aliphatic hydroxyl groups excluding tert-OH is 1. The van der Waals surface area contributed by atoms with E-state index < -0.39 is 0 Å². The summed E-state index contributed by atoms with van der Waals surface area (Å²) in [5, 5.41) is 12.2. The van der Waals surface area contributed by atoms with Crippen LogP contribution in [0.1, 0.15) is 37.3 Å². The molecule has 1 fully saturated rings. The van der Waals surface area contributed by atoms with Crippen molar-refractivity contribution in [1.29, 1.82) is 0 Å². The number of aliphatic hydroxyl groups is 1. The quantitative estimate of drug-likeness (QED) is 0.817. The SMILES string of the molecule is O=C(CC1CCC1)N[C@@H](CO)c1ccccc1. The Morgan fingerprint density at radius 2 is 2.06 bits per heavy atom. The summed E-state index contributed by atoms with van der Waals surface area (Å²) < 4.78 is 0. The van der Waals surface area contributed by atoms with Crippen molar-refractivity contribution in [2.24, 2.45) is 5.92 Å². The summed E-state index contributed by atoms with van der Waals surface area (Å²) in [6, 6.07) is 9.32. The van der Waals surface area contributed by atoms with Gasteiger partial charge in [0.15, 0.2) is 0 Å². The van der Waals surface area contributed by atoms with Crippen molar-refractivity contribution >= 4 is 5.91 Å². The minimum absolute atomic E-state index is 0.0533. The summed E-state index contributed by atoms with van der Waals surface area (Å²) in [5.74, 6) is 0.614. The lowest BCUT2D eigenvalue weighted by Crippen LogP contribution is -2.33. The predicted octanol–water partition coefficient (Wildman–Crippen LogP) is 2.03. The van der Waals surface area contributed by atoms with E-state index in [4.69, 9.17) is 0 Å². The predicted molar refractivity (Wildman–Crippen MR) is 66.4 cm³/mol. The molecule has 1 aliphatic rings. The first-order valence-electron chi connectivity index (χ1n) is 6.24. The number of amides is 1.